The highest BCUT2D eigenvalue weighted by atomic mass is 35.5. The van der Waals surface area contributed by atoms with Gasteiger partial charge in [-0.15, -0.1) is 0 Å². The fourth-order valence-corrected chi connectivity index (χ4v) is 3.08. The van der Waals surface area contributed by atoms with E-state index in [1.54, 1.807) is 37.2 Å². The maximum Gasteiger partial charge on any atom is 0.257 e. The molecule has 7 nitrogen and oxygen atoms in total. The van der Waals surface area contributed by atoms with Crippen LogP contribution in [0, 0.1) is 0 Å². The third-order valence-corrected chi connectivity index (χ3v) is 4.59. The SMILES string of the molecule is CN(C)C(=O)c1ccc(-c2ncc(C(=O)N3CCC(N)C3)cn2)c(Cl)c1. The van der Waals surface area contributed by atoms with Crippen LogP contribution in [0.5, 0.6) is 0 Å². The Morgan fingerprint density at radius 3 is 2.46 bits per heavy atom. The molecule has 1 aliphatic heterocycles. The largest absolute Gasteiger partial charge is 0.345 e. The molecule has 2 aromatic rings. The molecule has 1 fully saturated rings. The van der Waals surface area contributed by atoms with Crippen LogP contribution in [0.1, 0.15) is 27.1 Å². The number of rotatable bonds is 3. The molecule has 2 heterocycles. The first-order chi connectivity index (χ1) is 12.4. The molecule has 1 aliphatic rings. The number of hydrogen-bond donors (Lipinski definition) is 1. The summed E-state index contributed by atoms with van der Waals surface area (Å²) in [5.41, 5.74) is 7.35. The Morgan fingerprint density at radius 1 is 1.23 bits per heavy atom. The number of hydrogen-bond acceptors (Lipinski definition) is 5. The monoisotopic (exact) mass is 373 g/mol. The maximum absolute atomic E-state index is 12.4. The first-order valence-corrected chi connectivity index (χ1v) is 8.63. The third kappa shape index (κ3) is 3.68. The Balaban J connectivity index is 1.80. The van der Waals surface area contributed by atoms with E-state index < -0.39 is 0 Å². The van der Waals surface area contributed by atoms with Crippen molar-refractivity contribution in [3.63, 3.8) is 0 Å². The first kappa shape index (κ1) is 18.3. The number of nitrogens with two attached hydrogens (primary N) is 1. The lowest BCUT2D eigenvalue weighted by Gasteiger charge is -2.15. The minimum absolute atomic E-state index is 0.0290. The molecule has 1 unspecified atom stereocenters. The summed E-state index contributed by atoms with van der Waals surface area (Å²) in [5.74, 6) is 0.139. The van der Waals surface area contributed by atoms with E-state index in [2.05, 4.69) is 9.97 Å². The number of aromatic nitrogens is 2. The van der Waals surface area contributed by atoms with Crippen molar-refractivity contribution in [3.05, 3.63) is 46.7 Å². The molecule has 26 heavy (non-hydrogen) atoms. The second-order valence-electron chi connectivity index (χ2n) is 6.49. The van der Waals surface area contributed by atoms with Gasteiger partial charge < -0.3 is 15.5 Å². The summed E-state index contributed by atoms with van der Waals surface area (Å²) < 4.78 is 0. The zero-order chi connectivity index (χ0) is 18.8. The summed E-state index contributed by atoms with van der Waals surface area (Å²) in [6.45, 7) is 1.20. The van der Waals surface area contributed by atoms with Gasteiger partial charge in [0.05, 0.1) is 10.6 Å². The molecule has 0 aliphatic carbocycles. The van der Waals surface area contributed by atoms with Crippen LogP contribution in [0.2, 0.25) is 5.02 Å². The summed E-state index contributed by atoms with van der Waals surface area (Å²) in [7, 11) is 3.35. The fourth-order valence-electron chi connectivity index (χ4n) is 2.82. The van der Waals surface area contributed by atoms with Crippen LogP contribution in [0.25, 0.3) is 11.4 Å². The van der Waals surface area contributed by atoms with E-state index in [1.165, 1.54) is 17.3 Å². The standard InChI is InChI=1S/C18H20ClN5O2/c1-23(2)17(25)11-3-4-14(15(19)7-11)16-21-8-12(9-22-16)18(26)24-6-5-13(20)10-24/h3-4,7-9,13H,5-6,10,20H2,1-2H3. The van der Waals surface area contributed by atoms with E-state index in [4.69, 9.17) is 17.3 Å². The van der Waals surface area contributed by atoms with Crippen molar-refractivity contribution in [3.8, 4) is 11.4 Å². The first-order valence-electron chi connectivity index (χ1n) is 8.25. The number of halogens is 1. The molecule has 0 bridgehead atoms. The Morgan fingerprint density at radius 2 is 1.92 bits per heavy atom. The number of nitrogens with zero attached hydrogens (tertiary/aromatic N) is 4. The molecule has 3 rings (SSSR count). The smallest absolute Gasteiger partial charge is 0.257 e. The predicted molar refractivity (Wildman–Crippen MR) is 99.0 cm³/mol. The van der Waals surface area contributed by atoms with E-state index >= 15 is 0 Å². The van der Waals surface area contributed by atoms with Crippen LogP contribution >= 0.6 is 11.6 Å². The van der Waals surface area contributed by atoms with Crippen molar-refractivity contribution in [2.24, 2.45) is 5.73 Å². The van der Waals surface area contributed by atoms with Gasteiger partial charge in [-0.2, -0.15) is 0 Å². The highest BCUT2D eigenvalue weighted by Crippen LogP contribution is 2.26. The van der Waals surface area contributed by atoms with E-state index in [0.29, 0.717) is 40.6 Å². The van der Waals surface area contributed by atoms with Crippen molar-refractivity contribution < 1.29 is 9.59 Å². The van der Waals surface area contributed by atoms with Gasteiger partial charge in [-0.25, -0.2) is 9.97 Å². The van der Waals surface area contributed by atoms with Crippen molar-refractivity contribution in [2.45, 2.75) is 12.5 Å². The zero-order valence-electron chi connectivity index (χ0n) is 14.6. The maximum atomic E-state index is 12.4. The van der Waals surface area contributed by atoms with Gasteiger partial charge in [0.1, 0.15) is 0 Å². The summed E-state index contributed by atoms with van der Waals surface area (Å²) in [4.78, 5) is 36.1. The van der Waals surface area contributed by atoms with Crippen LogP contribution in [0.15, 0.2) is 30.6 Å². The highest BCUT2D eigenvalue weighted by molar-refractivity contribution is 6.33. The van der Waals surface area contributed by atoms with Crippen LogP contribution in [0.3, 0.4) is 0 Å². The van der Waals surface area contributed by atoms with Crippen LogP contribution in [-0.4, -0.2) is 64.8 Å². The van der Waals surface area contributed by atoms with Crippen molar-refractivity contribution in [2.75, 3.05) is 27.2 Å². The number of amides is 2. The minimum atomic E-state index is -0.135. The number of carbonyl (C=O) groups excluding carboxylic acids is 2. The van der Waals surface area contributed by atoms with Gasteiger partial charge in [0.15, 0.2) is 5.82 Å². The Labute approximate surface area is 156 Å². The van der Waals surface area contributed by atoms with E-state index in [1.807, 2.05) is 0 Å². The molecule has 1 atom stereocenters. The normalized spacial score (nSPS) is 16.6. The molecule has 0 saturated carbocycles. The summed E-state index contributed by atoms with van der Waals surface area (Å²) in [6, 6.07) is 5.00. The van der Waals surface area contributed by atoms with Crippen LogP contribution < -0.4 is 5.73 Å². The number of carbonyl (C=O) groups is 2. The Bertz CT molecular complexity index is 838. The van der Waals surface area contributed by atoms with Gasteiger partial charge >= 0.3 is 0 Å². The molecular weight excluding hydrogens is 354 g/mol. The number of benzene rings is 1. The van der Waals surface area contributed by atoms with Crippen LogP contribution in [-0.2, 0) is 0 Å². The Hall–Kier alpha value is -2.51. The zero-order valence-corrected chi connectivity index (χ0v) is 15.4. The Kier molecular flexibility index (Phi) is 5.20. The van der Waals surface area contributed by atoms with Gasteiger partial charge in [-0.05, 0) is 24.6 Å². The summed E-state index contributed by atoms with van der Waals surface area (Å²) in [5, 5.41) is 0.377. The molecule has 2 amide bonds. The van der Waals surface area contributed by atoms with E-state index in [-0.39, 0.29) is 17.9 Å². The van der Waals surface area contributed by atoms with Gasteiger partial charge in [0.25, 0.3) is 11.8 Å². The molecule has 8 heteroatoms. The minimum Gasteiger partial charge on any atom is -0.345 e. The molecular formula is C18H20ClN5O2. The molecule has 2 N–H and O–H groups in total. The second kappa shape index (κ2) is 7.39. The van der Waals surface area contributed by atoms with Crippen molar-refractivity contribution >= 4 is 23.4 Å². The fraction of sp³-hybridized carbons (Fsp3) is 0.333. The summed E-state index contributed by atoms with van der Waals surface area (Å²) in [6.07, 6.45) is 3.78. The molecule has 1 saturated heterocycles. The lowest BCUT2D eigenvalue weighted by molar-refractivity contribution is 0.0788. The number of likely N-dealkylation sites (tertiary alicyclic amines) is 1. The summed E-state index contributed by atoms with van der Waals surface area (Å²) >= 11 is 6.29. The molecule has 1 aromatic heterocycles. The lowest BCUT2D eigenvalue weighted by Crippen LogP contribution is -2.32. The molecule has 0 radical (unpaired) electrons. The molecule has 136 valence electrons. The van der Waals surface area contributed by atoms with E-state index in [0.717, 1.165) is 6.42 Å². The molecule has 0 spiro atoms. The van der Waals surface area contributed by atoms with Crippen LogP contribution in [0.4, 0.5) is 0 Å². The highest BCUT2D eigenvalue weighted by Gasteiger charge is 2.25. The average Bonchev–Trinajstić information content (AvgIpc) is 3.07. The molecule has 1 aromatic carbocycles. The van der Waals surface area contributed by atoms with Gasteiger partial charge in [-0.1, -0.05) is 11.6 Å². The van der Waals surface area contributed by atoms with E-state index in [9.17, 15) is 9.59 Å². The van der Waals surface area contributed by atoms with Crippen molar-refractivity contribution in [1.82, 2.24) is 19.8 Å². The van der Waals surface area contributed by atoms with Gasteiger partial charge in [0.2, 0.25) is 0 Å². The van der Waals surface area contributed by atoms with Gasteiger partial charge in [-0.3, -0.25) is 9.59 Å². The topological polar surface area (TPSA) is 92.4 Å². The predicted octanol–water partition coefficient (Wildman–Crippen LogP) is 1.67. The lowest BCUT2D eigenvalue weighted by atomic mass is 10.1. The van der Waals surface area contributed by atoms with Gasteiger partial charge in [0, 0.05) is 56.7 Å². The second-order valence-corrected chi connectivity index (χ2v) is 6.90. The van der Waals surface area contributed by atoms with Crippen molar-refractivity contribution in [1.29, 1.82) is 0 Å². The third-order valence-electron chi connectivity index (χ3n) is 4.27. The average molecular weight is 374 g/mol. The quantitative estimate of drug-likeness (QED) is 0.883.